The van der Waals surface area contributed by atoms with Gasteiger partial charge in [-0.2, -0.15) is 0 Å². The molecule has 2 rings (SSSR count). The first-order valence-corrected chi connectivity index (χ1v) is 8.14. The summed E-state index contributed by atoms with van der Waals surface area (Å²) in [5, 5.41) is 6.32. The summed E-state index contributed by atoms with van der Waals surface area (Å²) < 4.78 is 0. The molecule has 1 aliphatic rings. The minimum atomic E-state index is 0.0223. The van der Waals surface area contributed by atoms with Crippen LogP contribution < -0.4 is 10.6 Å². The van der Waals surface area contributed by atoms with Crippen LogP contribution in [0.1, 0.15) is 43.0 Å². The fourth-order valence-electron chi connectivity index (χ4n) is 2.62. The van der Waals surface area contributed by atoms with Gasteiger partial charge in [0.15, 0.2) is 0 Å². The van der Waals surface area contributed by atoms with E-state index >= 15 is 0 Å². The van der Waals surface area contributed by atoms with Gasteiger partial charge in [0.05, 0.1) is 0 Å². The van der Waals surface area contributed by atoms with Gasteiger partial charge in [0.25, 0.3) is 5.91 Å². The van der Waals surface area contributed by atoms with Crippen molar-refractivity contribution in [1.29, 1.82) is 0 Å². The molecule has 0 unspecified atom stereocenters. The van der Waals surface area contributed by atoms with E-state index in [1.54, 1.807) is 0 Å². The molecule has 0 radical (unpaired) electrons. The van der Waals surface area contributed by atoms with E-state index in [0.717, 1.165) is 37.3 Å². The van der Waals surface area contributed by atoms with Crippen LogP contribution in [0, 0.1) is 0 Å². The molecule has 0 saturated carbocycles. The first-order valence-electron chi connectivity index (χ1n) is 8.14. The summed E-state index contributed by atoms with van der Waals surface area (Å²) in [6.07, 6.45) is 5.03. The maximum atomic E-state index is 12.1. The van der Waals surface area contributed by atoms with E-state index in [4.69, 9.17) is 0 Å². The molecular formula is C17H27N3O. The number of carbonyl (C=O) groups is 1. The van der Waals surface area contributed by atoms with Crippen molar-refractivity contribution in [2.45, 2.75) is 32.6 Å². The molecule has 21 heavy (non-hydrogen) atoms. The number of nitrogens with zero attached hydrogens (tertiary/aromatic N) is 1. The van der Waals surface area contributed by atoms with Crippen LogP contribution in [0.15, 0.2) is 24.3 Å². The highest BCUT2D eigenvalue weighted by atomic mass is 16.1. The maximum absolute atomic E-state index is 12.1. The van der Waals surface area contributed by atoms with E-state index in [-0.39, 0.29) is 5.91 Å². The monoisotopic (exact) mass is 289 g/mol. The molecule has 1 heterocycles. The van der Waals surface area contributed by atoms with E-state index < -0.39 is 0 Å². The van der Waals surface area contributed by atoms with Crippen molar-refractivity contribution in [3.8, 4) is 0 Å². The Labute approximate surface area is 127 Å². The second kappa shape index (κ2) is 8.67. The number of hydrogen-bond acceptors (Lipinski definition) is 3. The molecule has 1 aromatic rings. The minimum Gasteiger partial charge on any atom is -0.385 e. The van der Waals surface area contributed by atoms with E-state index in [0.29, 0.717) is 0 Å². The Morgan fingerprint density at radius 3 is 2.48 bits per heavy atom. The van der Waals surface area contributed by atoms with Crippen LogP contribution in [0.5, 0.6) is 0 Å². The van der Waals surface area contributed by atoms with Gasteiger partial charge in [-0.1, -0.05) is 13.3 Å². The largest absolute Gasteiger partial charge is 0.385 e. The fraction of sp³-hybridized carbons (Fsp3) is 0.588. The molecule has 0 aromatic heterocycles. The summed E-state index contributed by atoms with van der Waals surface area (Å²) in [6.45, 7) is 7.14. The summed E-state index contributed by atoms with van der Waals surface area (Å²) in [5.74, 6) is 0.0223. The topological polar surface area (TPSA) is 44.4 Å². The minimum absolute atomic E-state index is 0.0223. The van der Waals surface area contributed by atoms with Crippen LogP contribution in [-0.4, -0.2) is 43.5 Å². The van der Waals surface area contributed by atoms with Gasteiger partial charge in [0, 0.05) is 30.9 Å². The van der Waals surface area contributed by atoms with Crippen LogP contribution in [0.25, 0.3) is 0 Å². The molecule has 1 saturated heterocycles. The summed E-state index contributed by atoms with van der Waals surface area (Å²) in [6, 6.07) is 7.70. The van der Waals surface area contributed by atoms with E-state index in [2.05, 4.69) is 22.5 Å². The first-order chi connectivity index (χ1) is 10.3. The lowest BCUT2D eigenvalue weighted by molar-refractivity contribution is 0.0946. The van der Waals surface area contributed by atoms with Crippen molar-refractivity contribution < 1.29 is 4.79 Å². The lowest BCUT2D eigenvalue weighted by atomic mass is 10.1. The van der Waals surface area contributed by atoms with Crippen LogP contribution in [0.3, 0.4) is 0 Å². The fourth-order valence-corrected chi connectivity index (χ4v) is 2.62. The smallest absolute Gasteiger partial charge is 0.251 e. The number of piperidine rings is 1. The second-order valence-electron chi connectivity index (χ2n) is 5.66. The van der Waals surface area contributed by atoms with Gasteiger partial charge in [-0.25, -0.2) is 0 Å². The zero-order chi connectivity index (χ0) is 14.9. The number of carbonyl (C=O) groups excluding carboxylic acids is 1. The van der Waals surface area contributed by atoms with Gasteiger partial charge in [-0.3, -0.25) is 4.79 Å². The Morgan fingerprint density at radius 1 is 1.10 bits per heavy atom. The predicted octanol–water partition coefficient (Wildman–Crippen LogP) is 2.72. The molecule has 0 atom stereocenters. The van der Waals surface area contributed by atoms with E-state index in [1.807, 2.05) is 24.3 Å². The summed E-state index contributed by atoms with van der Waals surface area (Å²) in [4.78, 5) is 14.5. The van der Waals surface area contributed by atoms with Crippen LogP contribution in [0.4, 0.5) is 5.69 Å². The highest BCUT2D eigenvalue weighted by Gasteiger charge is 2.10. The quantitative estimate of drug-likeness (QED) is 0.811. The molecule has 0 aliphatic carbocycles. The first kappa shape index (κ1) is 15.8. The molecule has 4 nitrogen and oxygen atoms in total. The standard InChI is InChI=1S/C17H27N3O/c1-2-10-18-16-8-6-15(7-9-16)17(21)19-11-14-20-12-4-3-5-13-20/h6-9,18H,2-5,10-14H2,1H3,(H,19,21). The molecule has 1 fully saturated rings. The normalized spacial score (nSPS) is 15.7. The number of hydrogen-bond donors (Lipinski definition) is 2. The number of anilines is 1. The number of nitrogens with one attached hydrogen (secondary N) is 2. The Bertz CT molecular complexity index is 424. The van der Waals surface area contributed by atoms with Gasteiger partial charge in [0.1, 0.15) is 0 Å². The molecule has 1 amide bonds. The Kier molecular flexibility index (Phi) is 6.54. The van der Waals surface area contributed by atoms with Gasteiger partial charge in [-0.15, -0.1) is 0 Å². The molecule has 116 valence electrons. The average Bonchev–Trinajstić information content (AvgIpc) is 2.54. The van der Waals surface area contributed by atoms with Gasteiger partial charge >= 0.3 is 0 Å². The zero-order valence-corrected chi connectivity index (χ0v) is 13.0. The molecular weight excluding hydrogens is 262 g/mol. The third-order valence-corrected chi connectivity index (χ3v) is 3.89. The Balaban J connectivity index is 1.72. The number of amides is 1. The molecule has 0 bridgehead atoms. The summed E-state index contributed by atoms with van der Waals surface area (Å²) in [5.41, 5.74) is 1.80. The lowest BCUT2D eigenvalue weighted by Crippen LogP contribution is -2.37. The SMILES string of the molecule is CCCNc1ccc(C(=O)NCCN2CCCCC2)cc1. The average molecular weight is 289 g/mol. The van der Waals surface area contributed by atoms with Crippen molar-refractivity contribution in [3.63, 3.8) is 0 Å². The van der Waals surface area contributed by atoms with Crippen molar-refractivity contribution in [3.05, 3.63) is 29.8 Å². The van der Waals surface area contributed by atoms with Crippen LogP contribution in [0.2, 0.25) is 0 Å². The maximum Gasteiger partial charge on any atom is 0.251 e. The van der Waals surface area contributed by atoms with Crippen LogP contribution in [-0.2, 0) is 0 Å². The van der Waals surface area contributed by atoms with E-state index in [1.165, 1.54) is 32.4 Å². The molecule has 4 heteroatoms. The van der Waals surface area contributed by atoms with Gasteiger partial charge in [0.2, 0.25) is 0 Å². The zero-order valence-electron chi connectivity index (χ0n) is 13.0. The van der Waals surface area contributed by atoms with E-state index in [9.17, 15) is 4.79 Å². The lowest BCUT2D eigenvalue weighted by Gasteiger charge is -2.26. The Hall–Kier alpha value is -1.55. The van der Waals surface area contributed by atoms with Crippen LogP contribution >= 0.6 is 0 Å². The highest BCUT2D eigenvalue weighted by Crippen LogP contribution is 2.10. The third kappa shape index (κ3) is 5.38. The summed E-state index contributed by atoms with van der Waals surface area (Å²) >= 11 is 0. The molecule has 2 N–H and O–H groups in total. The van der Waals surface area contributed by atoms with Crippen molar-refractivity contribution in [2.75, 3.05) is 38.0 Å². The third-order valence-electron chi connectivity index (χ3n) is 3.89. The Morgan fingerprint density at radius 2 is 1.81 bits per heavy atom. The predicted molar refractivity (Wildman–Crippen MR) is 87.8 cm³/mol. The summed E-state index contributed by atoms with van der Waals surface area (Å²) in [7, 11) is 0. The number of rotatable bonds is 7. The number of benzene rings is 1. The van der Waals surface area contributed by atoms with Crippen molar-refractivity contribution in [2.24, 2.45) is 0 Å². The van der Waals surface area contributed by atoms with Gasteiger partial charge < -0.3 is 15.5 Å². The van der Waals surface area contributed by atoms with Crippen molar-refractivity contribution >= 4 is 11.6 Å². The van der Waals surface area contributed by atoms with Crippen molar-refractivity contribution in [1.82, 2.24) is 10.2 Å². The molecule has 1 aliphatic heterocycles. The highest BCUT2D eigenvalue weighted by molar-refractivity contribution is 5.94. The molecule has 0 spiro atoms. The number of likely N-dealkylation sites (tertiary alicyclic amines) is 1. The second-order valence-corrected chi connectivity index (χ2v) is 5.66. The van der Waals surface area contributed by atoms with Gasteiger partial charge in [-0.05, 0) is 56.6 Å². The molecule has 1 aromatic carbocycles.